The predicted octanol–water partition coefficient (Wildman–Crippen LogP) is -0.591. The second kappa shape index (κ2) is 7.94. The zero-order valence-corrected chi connectivity index (χ0v) is 6.87. The fraction of sp³-hybridized carbons (Fsp3) is 0.667. The minimum Gasteiger partial charge on any atom is -0.351 e. The molecule has 0 aromatic heterocycles. The average Bonchev–Trinajstić information content (AvgIpc) is 1.89. The van der Waals surface area contributed by atoms with E-state index in [0.717, 1.165) is 12.8 Å². The van der Waals surface area contributed by atoms with Crippen LogP contribution in [0.15, 0.2) is 0 Å². The summed E-state index contributed by atoms with van der Waals surface area (Å²) in [7, 11) is 6.75. The number of hydrogen-bond acceptors (Lipinski definition) is 2. The Morgan fingerprint density at radius 3 is 0.900 bits per heavy atom. The van der Waals surface area contributed by atoms with Gasteiger partial charge in [-0.15, -0.1) is 0 Å². The fourth-order valence-electron chi connectivity index (χ4n) is 0. The van der Waals surface area contributed by atoms with Crippen LogP contribution in [-0.2, 0) is 9.59 Å². The molecule has 0 aromatic carbocycles. The standard InChI is InChI=1S/2C3H7NO/c2*1-4(2)3-5/h2*3H,1-2H3. The number of carbonyl (C=O) groups is 2. The summed E-state index contributed by atoms with van der Waals surface area (Å²) in [6.45, 7) is 0. The summed E-state index contributed by atoms with van der Waals surface area (Å²) in [6.07, 6.45) is 1.50. The highest BCUT2D eigenvalue weighted by molar-refractivity contribution is 5.45. The van der Waals surface area contributed by atoms with Gasteiger partial charge in [0, 0.05) is 28.2 Å². The van der Waals surface area contributed by atoms with Crippen LogP contribution >= 0.6 is 0 Å². The lowest BCUT2D eigenvalue weighted by Gasteiger charge is -1.93. The summed E-state index contributed by atoms with van der Waals surface area (Å²) >= 11 is 0. The maximum Gasteiger partial charge on any atom is 0.209 e. The summed E-state index contributed by atoms with van der Waals surface area (Å²) in [5, 5.41) is 0. The monoisotopic (exact) mass is 146 g/mol. The highest BCUT2D eigenvalue weighted by Crippen LogP contribution is 1.52. The van der Waals surface area contributed by atoms with Crippen molar-refractivity contribution in [3.8, 4) is 0 Å². The lowest BCUT2D eigenvalue weighted by molar-refractivity contribution is -0.116. The highest BCUT2D eigenvalue weighted by atomic mass is 16.1. The summed E-state index contributed by atoms with van der Waals surface area (Å²) in [6, 6.07) is 0. The smallest absolute Gasteiger partial charge is 0.209 e. The van der Waals surface area contributed by atoms with Crippen molar-refractivity contribution in [2.75, 3.05) is 28.2 Å². The van der Waals surface area contributed by atoms with E-state index < -0.39 is 0 Å². The molecule has 4 heteroatoms. The van der Waals surface area contributed by atoms with Gasteiger partial charge in [-0.05, 0) is 0 Å². The van der Waals surface area contributed by atoms with Gasteiger partial charge < -0.3 is 9.80 Å². The topological polar surface area (TPSA) is 40.6 Å². The molecule has 0 atom stereocenters. The van der Waals surface area contributed by atoms with Crippen molar-refractivity contribution in [1.82, 2.24) is 9.80 Å². The Kier molecular flexibility index (Phi) is 9.29. The van der Waals surface area contributed by atoms with E-state index in [2.05, 4.69) is 0 Å². The number of hydrogen-bond donors (Lipinski definition) is 0. The van der Waals surface area contributed by atoms with Crippen LogP contribution in [0.2, 0.25) is 0 Å². The molecular formula is C6H14N2O2. The molecule has 4 nitrogen and oxygen atoms in total. The highest BCUT2D eigenvalue weighted by Gasteiger charge is 1.68. The molecule has 0 aromatic rings. The third-order valence-electron chi connectivity index (χ3n) is 0.422. The van der Waals surface area contributed by atoms with Crippen molar-refractivity contribution < 1.29 is 9.59 Å². The van der Waals surface area contributed by atoms with Crippen LogP contribution in [0.5, 0.6) is 0 Å². The van der Waals surface area contributed by atoms with E-state index in [1.165, 1.54) is 9.80 Å². The van der Waals surface area contributed by atoms with Gasteiger partial charge in [-0.1, -0.05) is 0 Å². The first-order valence-corrected chi connectivity index (χ1v) is 2.78. The van der Waals surface area contributed by atoms with Crippen molar-refractivity contribution in [1.29, 1.82) is 0 Å². The van der Waals surface area contributed by atoms with Gasteiger partial charge in [0.2, 0.25) is 12.8 Å². The van der Waals surface area contributed by atoms with Crippen molar-refractivity contribution in [3.05, 3.63) is 0 Å². The lowest BCUT2D eigenvalue weighted by atomic mass is 11.0. The van der Waals surface area contributed by atoms with E-state index in [9.17, 15) is 9.59 Å². The van der Waals surface area contributed by atoms with Crippen LogP contribution in [0.3, 0.4) is 0 Å². The van der Waals surface area contributed by atoms with Gasteiger partial charge in [0.1, 0.15) is 0 Å². The molecule has 0 unspecified atom stereocenters. The second-order valence-corrected chi connectivity index (χ2v) is 2.14. The Bertz CT molecular complexity index is 79.7. The molecule has 0 aliphatic rings. The summed E-state index contributed by atoms with van der Waals surface area (Å²) in [5.74, 6) is 0. The molecule has 0 saturated carbocycles. The maximum atomic E-state index is 9.43. The number of amides is 2. The van der Waals surface area contributed by atoms with Gasteiger partial charge in [-0.3, -0.25) is 9.59 Å². The molecule has 60 valence electrons. The van der Waals surface area contributed by atoms with E-state index in [1.54, 1.807) is 28.2 Å². The van der Waals surface area contributed by atoms with Crippen LogP contribution in [0.25, 0.3) is 0 Å². The Morgan fingerprint density at radius 2 is 0.900 bits per heavy atom. The van der Waals surface area contributed by atoms with Crippen molar-refractivity contribution in [2.45, 2.75) is 0 Å². The minimum atomic E-state index is 0.750. The van der Waals surface area contributed by atoms with E-state index in [4.69, 9.17) is 0 Å². The van der Waals surface area contributed by atoms with Crippen LogP contribution in [0.4, 0.5) is 0 Å². The molecule has 0 aliphatic heterocycles. The van der Waals surface area contributed by atoms with Gasteiger partial charge in [0.15, 0.2) is 0 Å². The van der Waals surface area contributed by atoms with E-state index >= 15 is 0 Å². The van der Waals surface area contributed by atoms with Crippen molar-refractivity contribution in [2.24, 2.45) is 0 Å². The zero-order chi connectivity index (χ0) is 8.57. The maximum absolute atomic E-state index is 9.43. The Balaban J connectivity index is 0. The normalized spacial score (nSPS) is 6.80. The molecule has 0 aliphatic carbocycles. The third-order valence-corrected chi connectivity index (χ3v) is 0.422. The average molecular weight is 146 g/mol. The quantitative estimate of drug-likeness (QED) is 0.488. The first kappa shape index (κ1) is 11.7. The van der Waals surface area contributed by atoms with Gasteiger partial charge in [-0.2, -0.15) is 0 Å². The van der Waals surface area contributed by atoms with Gasteiger partial charge in [0.05, 0.1) is 0 Å². The first-order chi connectivity index (χ1) is 4.54. The molecule has 10 heavy (non-hydrogen) atoms. The summed E-state index contributed by atoms with van der Waals surface area (Å²) in [4.78, 5) is 21.8. The molecule has 0 spiro atoms. The lowest BCUT2D eigenvalue weighted by Crippen LogP contribution is -2.06. The first-order valence-electron chi connectivity index (χ1n) is 2.78. The van der Waals surface area contributed by atoms with E-state index in [-0.39, 0.29) is 0 Å². The summed E-state index contributed by atoms with van der Waals surface area (Å²) < 4.78 is 0. The van der Waals surface area contributed by atoms with E-state index in [0.29, 0.717) is 0 Å². The molecule has 0 fully saturated rings. The zero-order valence-electron chi connectivity index (χ0n) is 6.87. The third kappa shape index (κ3) is 28.3. The summed E-state index contributed by atoms with van der Waals surface area (Å²) in [5.41, 5.74) is 0. The molecule has 0 N–H and O–H groups in total. The number of nitrogens with zero attached hydrogens (tertiary/aromatic N) is 2. The van der Waals surface area contributed by atoms with Gasteiger partial charge in [-0.25, -0.2) is 0 Å². The molecule has 0 bridgehead atoms. The van der Waals surface area contributed by atoms with Crippen LogP contribution in [-0.4, -0.2) is 50.8 Å². The Morgan fingerprint density at radius 1 is 0.800 bits per heavy atom. The molecule has 0 saturated heterocycles. The van der Waals surface area contributed by atoms with Crippen molar-refractivity contribution >= 4 is 12.8 Å². The largest absolute Gasteiger partial charge is 0.351 e. The van der Waals surface area contributed by atoms with Crippen molar-refractivity contribution in [3.63, 3.8) is 0 Å². The molecule has 0 radical (unpaired) electrons. The molecule has 2 amide bonds. The minimum absolute atomic E-state index is 0.750. The Hall–Kier alpha value is -1.06. The molecule has 0 rings (SSSR count). The number of rotatable bonds is 2. The Labute approximate surface area is 61.4 Å². The molecular weight excluding hydrogens is 132 g/mol. The van der Waals surface area contributed by atoms with Crippen LogP contribution < -0.4 is 0 Å². The van der Waals surface area contributed by atoms with Crippen LogP contribution in [0, 0.1) is 0 Å². The number of carbonyl (C=O) groups excluding carboxylic acids is 2. The predicted molar refractivity (Wildman–Crippen MR) is 39.5 cm³/mol. The SMILES string of the molecule is CN(C)C=O.CN(C)C=O. The van der Waals surface area contributed by atoms with Gasteiger partial charge >= 0.3 is 0 Å². The second-order valence-electron chi connectivity index (χ2n) is 2.14. The van der Waals surface area contributed by atoms with Crippen LogP contribution in [0.1, 0.15) is 0 Å². The van der Waals surface area contributed by atoms with Gasteiger partial charge in [0.25, 0.3) is 0 Å². The fourth-order valence-corrected chi connectivity index (χ4v) is 0. The van der Waals surface area contributed by atoms with E-state index in [1.807, 2.05) is 0 Å². The molecule has 0 heterocycles.